The van der Waals surface area contributed by atoms with Gasteiger partial charge in [-0.15, -0.1) is 0 Å². The lowest BCUT2D eigenvalue weighted by atomic mass is 9.95. The lowest BCUT2D eigenvalue weighted by Gasteiger charge is -2.26. The van der Waals surface area contributed by atoms with Gasteiger partial charge in [0, 0.05) is 17.8 Å². The summed E-state index contributed by atoms with van der Waals surface area (Å²) >= 11 is 2.03. The maximum Gasteiger partial charge on any atom is 0.0132 e. The van der Waals surface area contributed by atoms with Crippen molar-refractivity contribution in [2.24, 2.45) is 11.8 Å². The van der Waals surface area contributed by atoms with Crippen molar-refractivity contribution in [2.45, 2.75) is 66.5 Å². The van der Waals surface area contributed by atoms with Gasteiger partial charge in [0.15, 0.2) is 0 Å². The van der Waals surface area contributed by atoms with E-state index in [0.29, 0.717) is 12.1 Å². The standard InChI is InChI=1S/C14H31NS/c1-7-16-10-13(6)15-14(8-11(2)3)9-12(4)5/h11-15H,7-10H2,1-6H3. The zero-order chi connectivity index (χ0) is 12.6. The molecule has 0 heterocycles. The maximum absolute atomic E-state index is 3.79. The minimum Gasteiger partial charge on any atom is -0.311 e. The van der Waals surface area contributed by atoms with Crippen LogP contribution in [0.3, 0.4) is 0 Å². The van der Waals surface area contributed by atoms with Crippen LogP contribution in [0.15, 0.2) is 0 Å². The average molecular weight is 245 g/mol. The van der Waals surface area contributed by atoms with Crippen molar-refractivity contribution in [3.8, 4) is 0 Å². The minimum absolute atomic E-state index is 0.646. The Morgan fingerprint density at radius 2 is 1.44 bits per heavy atom. The molecule has 16 heavy (non-hydrogen) atoms. The van der Waals surface area contributed by atoms with Crippen molar-refractivity contribution >= 4 is 11.8 Å². The fourth-order valence-electron chi connectivity index (χ4n) is 2.12. The first-order valence-corrected chi connectivity index (χ1v) is 7.94. The molecule has 0 aliphatic rings. The molecule has 0 aliphatic carbocycles. The molecule has 0 aromatic rings. The molecule has 0 saturated heterocycles. The Morgan fingerprint density at radius 1 is 0.938 bits per heavy atom. The summed E-state index contributed by atoms with van der Waals surface area (Å²) in [6, 6.07) is 1.35. The molecule has 1 nitrogen and oxygen atoms in total. The number of thioether (sulfide) groups is 1. The summed E-state index contributed by atoms with van der Waals surface area (Å²) in [5, 5.41) is 3.79. The van der Waals surface area contributed by atoms with E-state index in [1.54, 1.807) is 0 Å². The Morgan fingerprint density at radius 3 is 1.81 bits per heavy atom. The fourth-order valence-corrected chi connectivity index (χ4v) is 2.80. The predicted molar refractivity (Wildman–Crippen MR) is 78.3 cm³/mol. The van der Waals surface area contributed by atoms with E-state index in [2.05, 4.69) is 46.9 Å². The zero-order valence-corrected chi connectivity index (χ0v) is 12.9. The Kier molecular flexibility index (Phi) is 9.53. The van der Waals surface area contributed by atoms with E-state index in [1.807, 2.05) is 11.8 Å². The first kappa shape index (κ1) is 16.3. The van der Waals surface area contributed by atoms with Crippen LogP contribution in [0.4, 0.5) is 0 Å². The van der Waals surface area contributed by atoms with Crippen molar-refractivity contribution in [3.05, 3.63) is 0 Å². The van der Waals surface area contributed by atoms with Crippen LogP contribution in [0.2, 0.25) is 0 Å². The predicted octanol–water partition coefficient (Wildman–Crippen LogP) is 4.18. The molecule has 0 rings (SSSR count). The fraction of sp³-hybridized carbons (Fsp3) is 1.00. The molecule has 0 fully saturated rings. The molecule has 98 valence electrons. The van der Waals surface area contributed by atoms with Gasteiger partial charge in [-0.1, -0.05) is 34.6 Å². The maximum atomic E-state index is 3.79. The van der Waals surface area contributed by atoms with E-state index < -0.39 is 0 Å². The summed E-state index contributed by atoms with van der Waals surface area (Å²) in [6.07, 6.45) is 2.61. The van der Waals surface area contributed by atoms with Crippen LogP contribution >= 0.6 is 11.8 Å². The normalized spacial score (nSPS) is 14.1. The lowest BCUT2D eigenvalue weighted by molar-refractivity contribution is 0.341. The molecule has 1 unspecified atom stereocenters. The summed E-state index contributed by atoms with van der Waals surface area (Å²) < 4.78 is 0. The van der Waals surface area contributed by atoms with E-state index in [-0.39, 0.29) is 0 Å². The smallest absolute Gasteiger partial charge is 0.0132 e. The molecule has 0 bridgehead atoms. The number of hydrogen-bond acceptors (Lipinski definition) is 2. The van der Waals surface area contributed by atoms with Gasteiger partial charge in [-0.2, -0.15) is 11.8 Å². The molecule has 1 N–H and O–H groups in total. The van der Waals surface area contributed by atoms with Crippen LogP contribution in [-0.4, -0.2) is 23.6 Å². The van der Waals surface area contributed by atoms with Crippen molar-refractivity contribution < 1.29 is 0 Å². The third-order valence-electron chi connectivity index (χ3n) is 2.60. The van der Waals surface area contributed by atoms with Crippen LogP contribution in [0, 0.1) is 11.8 Å². The van der Waals surface area contributed by atoms with Crippen molar-refractivity contribution in [3.63, 3.8) is 0 Å². The van der Waals surface area contributed by atoms with Crippen LogP contribution < -0.4 is 5.32 Å². The van der Waals surface area contributed by atoms with Gasteiger partial charge in [-0.25, -0.2) is 0 Å². The van der Waals surface area contributed by atoms with E-state index in [1.165, 1.54) is 24.3 Å². The highest BCUT2D eigenvalue weighted by atomic mass is 32.2. The topological polar surface area (TPSA) is 12.0 Å². The van der Waals surface area contributed by atoms with Crippen molar-refractivity contribution in [2.75, 3.05) is 11.5 Å². The molecule has 0 saturated carbocycles. The Balaban J connectivity index is 3.98. The van der Waals surface area contributed by atoms with Gasteiger partial charge in [0.1, 0.15) is 0 Å². The monoisotopic (exact) mass is 245 g/mol. The molecule has 2 heteroatoms. The van der Waals surface area contributed by atoms with Crippen LogP contribution in [0.5, 0.6) is 0 Å². The SMILES string of the molecule is CCSCC(C)NC(CC(C)C)CC(C)C. The molecule has 0 aromatic carbocycles. The summed E-state index contributed by atoms with van der Waals surface area (Å²) in [7, 11) is 0. The molecular formula is C14H31NS. The van der Waals surface area contributed by atoms with Crippen LogP contribution in [-0.2, 0) is 0 Å². The largest absolute Gasteiger partial charge is 0.311 e. The summed E-state index contributed by atoms with van der Waals surface area (Å²) in [5.41, 5.74) is 0. The van der Waals surface area contributed by atoms with Crippen molar-refractivity contribution in [1.29, 1.82) is 0 Å². The molecule has 0 amide bonds. The van der Waals surface area contributed by atoms with Gasteiger partial charge < -0.3 is 5.32 Å². The van der Waals surface area contributed by atoms with E-state index >= 15 is 0 Å². The van der Waals surface area contributed by atoms with Gasteiger partial charge in [-0.05, 0) is 37.4 Å². The number of nitrogens with one attached hydrogen (secondary N) is 1. The van der Waals surface area contributed by atoms with Crippen LogP contribution in [0.1, 0.15) is 54.4 Å². The Hall–Kier alpha value is 0.310. The molecule has 1 atom stereocenters. The Bertz CT molecular complexity index is 147. The van der Waals surface area contributed by atoms with Gasteiger partial charge in [0.25, 0.3) is 0 Å². The average Bonchev–Trinajstić information content (AvgIpc) is 2.12. The molecule has 0 aromatic heterocycles. The van der Waals surface area contributed by atoms with Gasteiger partial charge in [0.2, 0.25) is 0 Å². The summed E-state index contributed by atoms with van der Waals surface area (Å²) in [6.45, 7) is 13.8. The Labute approximate surface area is 107 Å². The van der Waals surface area contributed by atoms with Gasteiger partial charge in [0.05, 0.1) is 0 Å². The molecular weight excluding hydrogens is 214 g/mol. The van der Waals surface area contributed by atoms with Crippen molar-refractivity contribution in [1.82, 2.24) is 5.32 Å². The molecule has 0 aliphatic heterocycles. The molecule has 0 radical (unpaired) electrons. The molecule has 0 spiro atoms. The quantitative estimate of drug-likeness (QED) is 0.654. The van der Waals surface area contributed by atoms with Crippen LogP contribution in [0.25, 0.3) is 0 Å². The van der Waals surface area contributed by atoms with Gasteiger partial charge in [-0.3, -0.25) is 0 Å². The third kappa shape index (κ3) is 9.53. The highest BCUT2D eigenvalue weighted by Crippen LogP contribution is 2.14. The van der Waals surface area contributed by atoms with Gasteiger partial charge >= 0.3 is 0 Å². The van der Waals surface area contributed by atoms with E-state index in [9.17, 15) is 0 Å². The second-order valence-electron chi connectivity index (χ2n) is 5.68. The third-order valence-corrected chi connectivity index (χ3v) is 3.75. The first-order valence-electron chi connectivity index (χ1n) is 6.79. The highest BCUT2D eigenvalue weighted by Gasteiger charge is 2.14. The summed E-state index contributed by atoms with van der Waals surface area (Å²) in [4.78, 5) is 0. The second-order valence-corrected chi connectivity index (χ2v) is 7.00. The minimum atomic E-state index is 0.646. The number of hydrogen-bond donors (Lipinski definition) is 1. The second kappa shape index (κ2) is 9.35. The van der Waals surface area contributed by atoms with E-state index in [0.717, 1.165) is 11.8 Å². The van der Waals surface area contributed by atoms with E-state index in [4.69, 9.17) is 0 Å². The lowest BCUT2D eigenvalue weighted by Crippen LogP contribution is -2.39. The summed E-state index contributed by atoms with van der Waals surface area (Å²) in [5.74, 6) is 4.05. The number of rotatable bonds is 9. The highest BCUT2D eigenvalue weighted by molar-refractivity contribution is 7.99. The zero-order valence-electron chi connectivity index (χ0n) is 12.0. The first-order chi connectivity index (χ1) is 7.45.